The van der Waals surface area contributed by atoms with Crippen LogP contribution in [-0.2, 0) is 9.53 Å². The first-order valence-electron chi connectivity index (χ1n) is 9.47. The van der Waals surface area contributed by atoms with E-state index in [1.807, 2.05) is 4.90 Å². The van der Waals surface area contributed by atoms with Gasteiger partial charge in [0.2, 0.25) is 5.91 Å². The third-order valence-corrected chi connectivity index (χ3v) is 6.14. The Kier molecular flexibility index (Phi) is 5.64. The number of amides is 3. The number of hydrogen-bond acceptors (Lipinski definition) is 3. The van der Waals surface area contributed by atoms with Crippen LogP contribution in [0.1, 0.15) is 51.4 Å². The van der Waals surface area contributed by atoms with Gasteiger partial charge in [-0.25, -0.2) is 4.79 Å². The largest absolute Gasteiger partial charge is 0.383 e. The Hall–Kier alpha value is -1.30. The summed E-state index contributed by atoms with van der Waals surface area (Å²) in [6.07, 6.45) is 9.04. The second kappa shape index (κ2) is 7.72. The Bertz CT molecular complexity index is 456. The number of ether oxygens (including phenoxy) is 1. The second-order valence-electron chi connectivity index (χ2n) is 7.72. The molecule has 0 radical (unpaired) electrons. The molecule has 136 valence electrons. The highest BCUT2D eigenvalue weighted by atomic mass is 16.5. The molecular weight excluding hydrogens is 306 g/mol. The number of carbonyl (C=O) groups is 2. The summed E-state index contributed by atoms with van der Waals surface area (Å²) in [5, 5.41) is 6.16. The molecule has 0 bridgehead atoms. The maximum atomic E-state index is 12.7. The zero-order valence-corrected chi connectivity index (χ0v) is 14.8. The fourth-order valence-electron chi connectivity index (χ4n) is 4.81. The van der Waals surface area contributed by atoms with Crippen LogP contribution in [0.3, 0.4) is 0 Å². The van der Waals surface area contributed by atoms with Gasteiger partial charge >= 0.3 is 6.03 Å². The summed E-state index contributed by atoms with van der Waals surface area (Å²) >= 11 is 0. The van der Waals surface area contributed by atoms with Crippen molar-refractivity contribution in [1.29, 1.82) is 0 Å². The lowest BCUT2D eigenvalue weighted by Gasteiger charge is -2.28. The number of nitrogens with zero attached hydrogens (tertiary/aromatic N) is 1. The molecule has 0 aromatic heterocycles. The van der Waals surface area contributed by atoms with Crippen molar-refractivity contribution in [1.82, 2.24) is 15.5 Å². The van der Waals surface area contributed by atoms with Gasteiger partial charge in [0, 0.05) is 38.2 Å². The molecule has 6 heteroatoms. The molecular formula is C18H31N3O3. The minimum Gasteiger partial charge on any atom is -0.383 e. The lowest BCUT2D eigenvalue weighted by molar-refractivity contribution is -0.127. The van der Waals surface area contributed by atoms with Gasteiger partial charge in [-0.2, -0.15) is 0 Å². The van der Waals surface area contributed by atoms with Gasteiger partial charge in [-0.1, -0.05) is 25.7 Å². The SMILES string of the molecule is COCCNC(=O)C1CN(C(=O)NC2CCCC2)CC12CCCC2. The Morgan fingerprint density at radius 1 is 1.17 bits per heavy atom. The van der Waals surface area contributed by atoms with Crippen molar-refractivity contribution in [2.75, 3.05) is 33.4 Å². The number of urea groups is 1. The van der Waals surface area contributed by atoms with Crippen molar-refractivity contribution >= 4 is 11.9 Å². The van der Waals surface area contributed by atoms with Crippen molar-refractivity contribution in [2.24, 2.45) is 11.3 Å². The summed E-state index contributed by atoms with van der Waals surface area (Å²) in [6, 6.07) is 0.354. The van der Waals surface area contributed by atoms with Crippen molar-refractivity contribution in [3.8, 4) is 0 Å². The molecule has 3 amide bonds. The van der Waals surface area contributed by atoms with E-state index in [4.69, 9.17) is 4.74 Å². The Labute approximate surface area is 144 Å². The summed E-state index contributed by atoms with van der Waals surface area (Å²) in [6.45, 7) is 2.35. The fraction of sp³-hybridized carbons (Fsp3) is 0.889. The van der Waals surface area contributed by atoms with E-state index >= 15 is 0 Å². The molecule has 3 fully saturated rings. The van der Waals surface area contributed by atoms with Crippen LogP contribution < -0.4 is 10.6 Å². The standard InChI is InChI=1S/C18H31N3O3/c1-24-11-10-19-16(22)15-12-21(13-18(15)8-4-5-9-18)17(23)20-14-6-2-3-7-14/h14-15H,2-13H2,1H3,(H,19,22)(H,20,23). The number of carbonyl (C=O) groups excluding carboxylic acids is 2. The highest BCUT2D eigenvalue weighted by molar-refractivity contribution is 5.82. The number of likely N-dealkylation sites (tertiary alicyclic amines) is 1. The lowest BCUT2D eigenvalue weighted by atomic mass is 9.76. The summed E-state index contributed by atoms with van der Waals surface area (Å²) in [4.78, 5) is 27.2. The number of hydrogen-bond donors (Lipinski definition) is 2. The van der Waals surface area contributed by atoms with E-state index in [1.54, 1.807) is 7.11 Å². The van der Waals surface area contributed by atoms with Crippen LogP contribution >= 0.6 is 0 Å². The van der Waals surface area contributed by atoms with Gasteiger partial charge < -0.3 is 20.3 Å². The Morgan fingerprint density at radius 3 is 2.54 bits per heavy atom. The number of nitrogens with one attached hydrogen (secondary N) is 2. The van der Waals surface area contributed by atoms with Gasteiger partial charge in [-0.05, 0) is 25.7 Å². The van der Waals surface area contributed by atoms with E-state index in [9.17, 15) is 9.59 Å². The first-order valence-corrected chi connectivity index (χ1v) is 9.47. The molecule has 1 spiro atoms. The minimum absolute atomic E-state index is 0.00975. The average molecular weight is 337 g/mol. The summed E-state index contributed by atoms with van der Waals surface area (Å²) < 4.78 is 5.02. The van der Waals surface area contributed by atoms with Crippen LogP contribution in [0, 0.1) is 11.3 Å². The zero-order valence-electron chi connectivity index (χ0n) is 14.8. The first-order chi connectivity index (χ1) is 11.6. The highest BCUT2D eigenvalue weighted by Gasteiger charge is 2.52. The van der Waals surface area contributed by atoms with E-state index in [-0.39, 0.29) is 23.3 Å². The third-order valence-electron chi connectivity index (χ3n) is 6.14. The predicted octanol–water partition coefficient (Wildman–Crippen LogP) is 1.89. The van der Waals surface area contributed by atoms with Gasteiger partial charge in [0.1, 0.15) is 0 Å². The molecule has 1 saturated heterocycles. The molecule has 1 heterocycles. The molecule has 3 aliphatic rings. The molecule has 2 saturated carbocycles. The van der Waals surface area contributed by atoms with Crippen LogP contribution in [-0.4, -0.2) is 56.2 Å². The first kappa shape index (κ1) is 17.5. The molecule has 3 rings (SSSR count). The van der Waals surface area contributed by atoms with E-state index in [1.165, 1.54) is 25.7 Å². The normalized spacial score (nSPS) is 26.2. The summed E-state index contributed by atoms with van der Waals surface area (Å²) in [7, 11) is 1.63. The van der Waals surface area contributed by atoms with E-state index < -0.39 is 0 Å². The lowest BCUT2D eigenvalue weighted by Crippen LogP contribution is -2.43. The van der Waals surface area contributed by atoms with Gasteiger partial charge in [-0.3, -0.25) is 4.79 Å². The van der Waals surface area contributed by atoms with Crippen molar-refractivity contribution in [3.05, 3.63) is 0 Å². The maximum Gasteiger partial charge on any atom is 0.317 e. The molecule has 24 heavy (non-hydrogen) atoms. The number of rotatable bonds is 5. The van der Waals surface area contributed by atoms with Crippen molar-refractivity contribution < 1.29 is 14.3 Å². The van der Waals surface area contributed by atoms with Crippen LogP contribution in [0.25, 0.3) is 0 Å². The topological polar surface area (TPSA) is 70.7 Å². The second-order valence-corrected chi connectivity index (χ2v) is 7.72. The third kappa shape index (κ3) is 3.68. The van der Waals surface area contributed by atoms with E-state index in [0.29, 0.717) is 25.7 Å². The zero-order chi connectivity index (χ0) is 17.0. The summed E-state index contributed by atoms with van der Waals surface area (Å²) in [5.41, 5.74) is -0.00975. The molecule has 1 atom stereocenters. The number of methoxy groups -OCH3 is 1. The maximum absolute atomic E-state index is 12.7. The molecule has 0 aromatic rings. The Balaban J connectivity index is 1.62. The van der Waals surface area contributed by atoms with E-state index in [0.717, 1.165) is 32.2 Å². The molecule has 0 aromatic carbocycles. The average Bonchev–Trinajstić information content (AvgIpc) is 3.30. The minimum atomic E-state index is -0.0776. The molecule has 6 nitrogen and oxygen atoms in total. The van der Waals surface area contributed by atoms with Gasteiger partial charge in [0.05, 0.1) is 12.5 Å². The van der Waals surface area contributed by atoms with Crippen LogP contribution in [0.5, 0.6) is 0 Å². The smallest absolute Gasteiger partial charge is 0.317 e. The van der Waals surface area contributed by atoms with Gasteiger partial charge in [0.25, 0.3) is 0 Å². The monoisotopic (exact) mass is 337 g/mol. The molecule has 2 N–H and O–H groups in total. The fourth-order valence-corrected chi connectivity index (χ4v) is 4.81. The van der Waals surface area contributed by atoms with E-state index in [2.05, 4.69) is 10.6 Å². The molecule has 1 unspecified atom stereocenters. The van der Waals surface area contributed by atoms with Crippen LogP contribution in [0.4, 0.5) is 4.79 Å². The quantitative estimate of drug-likeness (QED) is 0.753. The highest BCUT2D eigenvalue weighted by Crippen LogP contribution is 2.49. The van der Waals surface area contributed by atoms with Gasteiger partial charge in [-0.15, -0.1) is 0 Å². The van der Waals surface area contributed by atoms with Crippen molar-refractivity contribution in [3.63, 3.8) is 0 Å². The van der Waals surface area contributed by atoms with Gasteiger partial charge in [0.15, 0.2) is 0 Å². The van der Waals surface area contributed by atoms with Crippen LogP contribution in [0.2, 0.25) is 0 Å². The van der Waals surface area contributed by atoms with Crippen LogP contribution in [0.15, 0.2) is 0 Å². The molecule has 2 aliphatic carbocycles. The Morgan fingerprint density at radius 2 is 1.88 bits per heavy atom. The van der Waals surface area contributed by atoms with Crippen molar-refractivity contribution in [2.45, 2.75) is 57.4 Å². The predicted molar refractivity (Wildman–Crippen MR) is 91.6 cm³/mol. The summed E-state index contributed by atoms with van der Waals surface area (Å²) in [5.74, 6) is 0.0105. The molecule has 1 aliphatic heterocycles.